The fourth-order valence-corrected chi connectivity index (χ4v) is 4.99. The Labute approximate surface area is 163 Å². The molecular formula is C26H31N. The van der Waals surface area contributed by atoms with Gasteiger partial charge in [0.15, 0.2) is 0 Å². The van der Waals surface area contributed by atoms with Crippen molar-refractivity contribution in [3.8, 4) is 11.3 Å². The maximum Gasteiger partial charge on any atom is 0.0712 e. The van der Waals surface area contributed by atoms with E-state index < -0.39 is 0 Å². The van der Waals surface area contributed by atoms with Crippen LogP contribution in [-0.2, 0) is 0 Å². The van der Waals surface area contributed by atoms with E-state index in [4.69, 9.17) is 4.98 Å². The van der Waals surface area contributed by atoms with Crippen LogP contribution in [0.3, 0.4) is 0 Å². The van der Waals surface area contributed by atoms with Gasteiger partial charge < -0.3 is 0 Å². The fourth-order valence-electron chi connectivity index (χ4n) is 4.99. The van der Waals surface area contributed by atoms with Crippen molar-refractivity contribution in [2.45, 2.75) is 65.2 Å². The molecule has 4 rings (SSSR count). The van der Waals surface area contributed by atoms with Crippen molar-refractivity contribution < 1.29 is 0 Å². The lowest BCUT2D eigenvalue weighted by atomic mass is 9.76. The Morgan fingerprint density at radius 2 is 1.63 bits per heavy atom. The van der Waals surface area contributed by atoms with Gasteiger partial charge in [-0.25, -0.2) is 4.98 Å². The molecular weight excluding hydrogens is 326 g/mol. The molecule has 0 bridgehead atoms. The van der Waals surface area contributed by atoms with Crippen LogP contribution in [-0.4, -0.2) is 4.98 Å². The van der Waals surface area contributed by atoms with E-state index in [2.05, 4.69) is 69.3 Å². The molecule has 27 heavy (non-hydrogen) atoms. The molecule has 1 aromatic heterocycles. The van der Waals surface area contributed by atoms with E-state index in [-0.39, 0.29) is 0 Å². The van der Waals surface area contributed by atoms with Gasteiger partial charge in [0.05, 0.1) is 11.2 Å². The summed E-state index contributed by atoms with van der Waals surface area (Å²) in [4.78, 5) is 5.03. The van der Waals surface area contributed by atoms with Crippen molar-refractivity contribution >= 4 is 10.9 Å². The minimum Gasteiger partial charge on any atom is -0.248 e. The molecule has 3 aromatic rings. The average molecular weight is 358 g/mol. The van der Waals surface area contributed by atoms with Crippen molar-refractivity contribution in [1.82, 2.24) is 4.98 Å². The van der Waals surface area contributed by atoms with Crippen LogP contribution < -0.4 is 0 Å². The molecule has 1 fully saturated rings. The summed E-state index contributed by atoms with van der Waals surface area (Å²) < 4.78 is 0. The van der Waals surface area contributed by atoms with Crippen LogP contribution in [0.5, 0.6) is 0 Å². The van der Waals surface area contributed by atoms with E-state index in [1.165, 1.54) is 66.2 Å². The molecule has 0 aliphatic heterocycles. The number of fused-ring (bicyclic) bond motifs is 1. The van der Waals surface area contributed by atoms with Crippen molar-refractivity contribution in [2.75, 3.05) is 0 Å². The highest BCUT2D eigenvalue weighted by molar-refractivity contribution is 5.85. The molecule has 1 aliphatic rings. The Morgan fingerprint density at radius 3 is 2.33 bits per heavy atom. The predicted octanol–water partition coefficient (Wildman–Crippen LogP) is 7.59. The summed E-state index contributed by atoms with van der Waals surface area (Å²) in [5.41, 5.74) is 7.55. The fraction of sp³-hybridized carbons (Fsp3) is 0.423. The Morgan fingerprint density at radius 1 is 0.889 bits per heavy atom. The highest BCUT2D eigenvalue weighted by atomic mass is 14.7. The van der Waals surface area contributed by atoms with Gasteiger partial charge in [0, 0.05) is 10.9 Å². The molecule has 0 atom stereocenters. The van der Waals surface area contributed by atoms with Crippen molar-refractivity contribution in [3.05, 3.63) is 65.2 Å². The maximum absolute atomic E-state index is 5.03. The van der Waals surface area contributed by atoms with Crippen LogP contribution in [0.25, 0.3) is 22.2 Å². The predicted molar refractivity (Wildman–Crippen MR) is 116 cm³/mol. The summed E-state index contributed by atoms with van der Waals surface area (Å²) in [5, 5.41) is 1.35. The van der Waals surface area contributed by atoms with Gasteiger partial charge in [0.1, 0.15) is 0 Å². The molecule has 0 radical (unpaired) electrons. The van der Waals surface area contributed by atoms with Gasteiger partial charge in [0.2, 0.25) is 0 Å². The van der Waals surface area contributed by atoms with Crippen LogP contribution in [0.4, 0.5) is 0 Å². The third-order valence-electron chi connectivity index (χ3n) is 6.27. The van der Waals surface area contributed by atoms with E-state index in [1.807, 2.05) is 0 Å². The number of hydrogen-bond acceptors (Lipinski definition) is 1. The normalized spacial score (nSPS) is 20.1. The van der Waals surface area contributed by atoms with E-state index in [1.54, 1.807) is 0 Å². The molecule has 1 heteroatoms. The highest BCUT2D eigenvalue weighted by Gasteiger charge is 2.23. The van der Waals surface area contributed by atoms with Crippen molar-refractivity contribution in [2.24, 2.45) is 5.92 Å². The molecule has 140 valence electrons. The average Bonchev–Trinajstić information content (AvgIpc) is 2.67. The zero-order chi connectivity index (χ0) is 18.8. The summed E-state index contributed by atoms with van der Waals surface area (Å²) in [7, 11) is 0. The lowest BCUT2D eigenvalue weighted by Crippen LogP contribution is -2.13. The summed E-state index contributed by atoms with van der Waals surface area (Å²) in [6.45, 7) is 6.63. The van der Waals surface area contributed by atoms with E-state index >= 15 is 0 Å². The molecule has 0 unspecified atom stereocenters. The zero-order valence-electron chi connectivity index (χ0n) is 17.0. The number of pyridine rings is 1. The number of aromatic nitrogens is 1. The van der Waals surface area contributed by atoms with Crippen LogP contribution in [0.2, 0.25) is 0 Å². The van der Waals surface area contributed by atoms with Crippen molar-refractivity contribution in [1.29, 1.82) is 0 Å². The van der Waals surface area contributed by atoms with E-state index in [9.17, 15) is 0 Å². The Hall–Kier alpha value is -2.15. The first-order valence-corrected chi connectivity index (χ1v) is 10.6. The SMILES string of the molecule is CCCC1CCC(c2cccc3nc(-c4cc(C)cc(C)c4)ccc23)CC1. The highest BCUT2D eigenvalue weighted by Crippen LogP contribution is 2.40. The summed E-state index contributed by atoms with van der Waals surface area (Å²) in [6, 6.07) is 17.9. The molecule has 1 saturated carbocycles. The molecule has 0 N–H and O–H groups in total. The van der Waals surface area contributed by atoms with Gasteiger partial charge in [-0.3, -0.25) is 0 Å². The Kier molecular flexibility index (Phi) is 5.29. The smallest absolute Gasteiger partial charge is 0.0712 e. The second kappa shape index (κ2) is 7.84. The Balaban J connectivity index is 1.65. The second-order valence-electron chi connectivity index (χ2n) is 8.49. The van der Waals surface area contributed by atoms with Gasteiger partial charge >= 0.3 is 0 Å². The quantitative estimate of drug-likeness (QED) is 0.468. The molecule has 1 nitrogen and oxygen atoms in total. The van der Waals surface area contributed by atoms with Gasteiger partial charge in [0.25, 0.3) is 0 Å². The third-order valence-corrected chi connectivity index (χ3v) is 6.27. The van der Waals surface area contributed by atoms with Gasteiger partial charge in [-0.15, -0.1) is 0 Å². The molecule has 0 spiro atoms. The standard InChI is InChI=1S/C26H31N/c1-4-6-20-9-11-21(12-10-20)23-7-5-8-26-24(23)13-14-25(27-26)22-16-18(2)15-19(3)17-22/h5,7-8,13-17,20-21H,4,6,9-12H2,1-3H3. The summed E-state index contributed by atoms with van der Waals surface area (Å²) in [5.74, 6) is 1.66. The lowest BCUT2D eigenvalue weighted by Gasteiger charge is -2.29. The summed E-state index contributed by atoms with van der Waals surface area (Å²) >= 11 is 0. The summed E-state index contributed by atoms with van der Waals surface area (Å²) in [6.07, 6.45) is 8.19. The molecule has 1 heterocycles. The maximum atomic E-state index is 5.03. The first-order chi connectivity index (χ1) is 13.1. The Bertz CT molecular complexity index is 912. The molecule has 1 aliphatic carbocycles. The van der Waals surface area contributed by atoms with Gasteiger partial charge in [-0.1, -0.05) is 55.2 Å². The second-order valence-corrected chi connectivity index (χ2v) is 8.49. The minimum absolute atomic E-state index is 0.704. The first-order valence-electron chi connectivity index (χ1n) is 10.6. The molecule has 0 saturated heterocycles. The van der Waals surface area contributed by atoms with Gasteiger partial charge in [-0.05, 0) is 81.2 Å². The van der Waals surface area contributed by atoms with Crippen LogP contribution >= 0.6 is 0 Å². The lowest BCUT2D eigenvalue weighted by molar-refractivity contribution is 0.309. The minimum atomic E-state index is 0.704. The first kappa shape index (κ1) is 18.2. The largest absolute Gasteiger partial charge is 0.248 e. The number of nitrogens with zero attached hydrogens (tertiary/aromatic N) is 1. The number of rotatable bonds is 4. The third kappa shape index (κ3) is 3.93. The number of benzene rings is 2. The van der Waals surface area contributed by atoms with E-state index in [0.29, 0.717) is 5.92 Å². The number of aryl methyl sites for hydroxylation is 2. The van der Waals surface area contributed by atoms with Crippen LogP contribution in [0.15, 0.2) is 48.5 Å². The number of hydrogen-bond donors (Lipinski definition) is 0. The van der Waals surface area contributed by atoms with Crippen LogP contribution in [0, 0.1) is 19.8 Å². The van der Waals surface area contributed by atoms with Gasteiger partial charge in [-0.2, -0.15) is 0 Å². The zero-order valence-corrected chi connectivity index (χ0v) is 17.0. The van der Waals surface area contributed by atoms with Crippen molar-refractivity contribution in [3.63, 3.8) is 0 Å². The topological polar surface area (TPSA) is 12.9 Å². The van der Waals surface area contributed by atoms with E-state index in [0.717, 1.165) is 17.1 Å². The molecule has 2 aromatic carbocycles. The van der Waals surface area contributed by atoms with Crippen LogP contribution in [0.1, 0.15) is 68.1 Å². The molecule has 0 amide bonds. The monoisotopic (exact) mass is 357 g/mol.